The van der Waals surface area contributed by atoms with Gasteiger partial charge in [-0.05, 0) is 37.5 Å². The number of aromatic nitrogens is 2. The van der Waals surface area contributed by atoms with Crippen molar-refractivity contribution in [3.05, 3.63) is 57.4 Å². The number of amides is 1. The maximum atomic E-state index is 12.7. The van der Waals surface area contributed by atoms with Gasteiger partial charge in [0.1, 0.15) is 10.7 Å². The summed E-state index contributed by atoms with van der Waals surface area (Å²) < 4.78 is 5.22. The average molecular weight is 355 g/mol. The number of hydrogen-bond acceptors (Lipinski definition) is 5. The molecule has 5 nitrogen and oxygen atoms in total. The molecule has 3 aromatic rings. The topological polar surface area (TPSA) is 64.1 Å². The molecule has 0 aliphatic carbocycles. The minimum atomic E-state index is -0.0789. The predicted octanol–water partition coefficient (Wildman–Crippen LogP) is 3.69. The van der Waals surface area contributed by atoms with Gasteiger partial charge < -0.3 is 10.1 Å². The minimum absolute atomic E-state index is 0.0789. The van der Waals surface area contributed by atoms with Gasteiger partial charge >= 0.3 is 0 Å². The zero-order valence-electron chi connectivity index (χ0n) is 14.8. The van der Waals surface area contributed by atoms with Crippen molar-refractivity contribution in [3.63, 3.8) is 0 Å². The van der Waals surface area contributed by atoms with E-state index in [2.05, 4.69) is 15.3 Å². The molecule has 0 saturated heterocycles. The number of carbonyl (C=O) groups excluding carboxylic acids is 1. The number of thiophene rings is 1. The number of benzene rings is 1. The molecule has 6 heteroatoms. The minimum Gasteiger partial charge on any atom is -0.380 e. The number of carbonyl (C=O) groups is 1. The van der Waals surface area contributed by atoms with Crippen molar-refractivity contribution < 1.29 is 9.53 Å². The summed E-state index contributed by atoms with van der Waals surface area (Å²) in [5.74, 6) is 0.650. The van der Waals surface area contributed by atoms with Crippen LogP contribution in [0.3, 0.4) is 0 Å². The fourth-order valence-electron chi connectivity index (χ4n) is 2.97. The largest absolute Gasteiger partial charge is 0.380 e. The van der Waals surface area contributed by atoms with Crippen LogP contribution < -0.4 is 5.32 Å². The second kappa shape index (κ2) is 7.29. The van der Waals surface area contributed by atoms with Crippen LogP contribution in [0.1, 0.15) is 37.9 Å². The molecule has 0 spiro atoms. The average Bonchev–Trinajstić information content (AvgIpc) is 2.91. The van der Waals surface area contributed by atoms with E-state index in [1.54, 1.807) is 7.11 Å². The van der Waals surface area contributed by atoms with Crippen LogP contribution in [0.15, 0.2) is 24.3 Å². The third kappa shape index (κ3) is 3.55. The van der Waals surface area contributed by atoms with Crippen LogP contribution >= 0.6 is 11.3 Å². The van der Waals surface area contributed by atoms with Crippen LogP contribution in [-0.2, 0) is 17.9 Å². The van der Waals surface area contributed by atoms with Gasteiger partial charge in [0.05, 0.1) is 11.5 Å². The molecule has 0 saturated carbocycles. The Hall–Kier alpha value is -2.31. The molecule has 0 radical (unpaired) electrons. The number of nitrogens with zero attached hydrogens (tertiary/aromatic N) is 2. The van der Waals surface area contributed by atoms with Gasteiger partial charge in [-0.25, -0.2) is 9.97 Å². The van der Waals surface area contributed by atoms with E-state index >= 15 is 0 Å². The van der Waals surface area contributed by atoms with Gasteiger partial charge in [0.2, 0.25) is 0 Å². The van der Waals surface area contributed by atoms with Crippen LogP contribution in [0.25, 0.3) is 10.2 Å². The van der Waals surface area contributed by atoms with E-state index < -0.39 is 0 Å². The third-order valence-corrected chi connectivity index (χ3v) is 5.33. The van der Waals surface area contributed by atoms with E-state index in [9.17, 15) is 4.79 Å². The van der Waals surface area contributed by atoms with Crippen molar-refractivity contribution in [1.82, 2.24) is 15.3 Å². The first-order valence-corrected chi connectivity index (χ1v) is 8.91. The van der Waals surface area contributed by atoms with Gasteiger partial charge in [0.15, 0.2) is 0 Å². The summed E-state index contributed by atoms with van der Waals surface area (Å²) in [6.07, 6.45) is 0. The molecular formula is C19H21N3O2S. The lowest BCUT2D eigenvalue weighted by Crippen LogP contribution is -2.23. The number of methoxy groups -OCH3 is 1. The van der Waals surface area contributed by atoms with Crippen molar-refractivity contribution in [2.24, 2.45) is 0 Å². The third-order valence-electron chi connectivity index (χ3n) is 4.15. The van der Waals surface area contributed by atoms with Gasteiger partial charge in [0, 0.05) is 24.7 Å². The lowest BCUT2D eigenvalue weighted by Gasteiger charge is -2.10. The van der Waals surface area contributed by atoms with Crippen LogP contribution in [0.5, 0.6) is 0 Å². The number of aryl methyl sites for hydroxylation is 3. The number of hydrogen-bond donors (Lipinski definition) is 1. The number of nitrogens with one attached hydrogen (secondary N) is 1. The summed E-state index contributed by atoms with van der Waals surface area (Å²) in [6, 6.07) is 7.95. The van der Waals surface area contributed by atoms with Crippen LogP contribution in [0, 0.1) is 20.8 Å². The maximum Gasteiger partial charge on any atom is 0.261 e. The zero-order valence-corrected chi connectivity index (χ0v) is 15.7. The number of fused-ring (bicyclic) bond motifs is 1. The van der Waals surface area contributed by atoms with E-state index in [1.165, 1.54) is 11.3 Å². The first kappa shape index (κ1) is 17.5. The Labute approximate surface area is 151 Å². The van der Waals surface area contributed by atoms with E-state index in [0.717, 1.165) is 38.4 Å². The maximum absolute atomic E-state index is 12.7. The molecule has 1 aromatic carbocycles. The highest BCUT2D eigenvalue weighted by atomic mass is 32.1. The zero-order chi connectivity index (χ0) is 18.0. The molecule has 0 unspecified atom stereocenters. The van der Waals surface area contributed by atoms with Gasteiger partial charge in [-0.3, -0.25) is 4.79 Å². The molecular weight excluding hydrogens is 334 g/mol. The lowest BCUT2D eigenvalue weighted by atomic mass is 10.1. The van der Waals surface area contributed by atoms with Crippen LogP contribution in [-0.4, -0.2) is 23.0 Å². The molecule has 0 atom stereocenters. The Balaban J connectivity index is 1.84. The summed E-state index contributed by atoms with van der Waals surface area (Å²) in [7, 11) is 1.67. The predicted molar refractivity (Wildman–Crippen MR) is 100.0 cm³/mol. The molecule has 25 heavy (non-hydrogen) atoms. The molecule has 2 heterocycles. The first-order valence-electron chi connectivity index (χ1n) is 8.09. The van der Waals surface area contributed by atoms with Gasteiger partial charge in [-0.2, -0.15) is 0 Å². The Morgan fingerprint density at radius 2 is 1.88 bits per heavy atom. The molecule has 0 fully saturated rings. The highest BCUT2D eigenvalue weighted by Crippen LogP contribution is 2.31. The fraction of sp³-hybridized carbons (Fsp3) is 0.316. The highest BCUT2D eigenvalue weighted by molar-refractivity contribution is 7.20. The Kier molecular flexibility index (Phi) is 5.11. The SMILES string of the molecule is COCc1ccccc1CNC(=O)c1sc2nc(C)nc(C)c2c1C. The number of rotatable bonds is 5. The molecule has 2 aromatic heterocycles. The summed E-state index contributed by atoms with van der Waals surface area (Å²) in [5, 5.41) is 4.00. The van der Waals surface area contributed by atoms with Gasteiger partial charge in [0.25, 0.3) is 5.91 Å². The molecule has 130 valence electrons. The molecule has 0 bridgehead atoms. The highest BCUT2D eigenvalue weighted by Gasteiger charge is 2.18. The fourth-order valence-corrected chi connectivity index (χ4v) is 4.17. The van der Waals surface area contributed by atoms with E-state index in [0.29, 0.717) is 18.0 Å². The van der Waals surface area contributed by atoms with E-state index in [-0.39, 0.29) is 5.91 Å². The monoisotopic (exact) mass is 355 g/mol. The standard InChI is InChI=1S/C19H21N3O2S/c1-11-16-12(2)21-13(3)22-19(16)25-17(11)18(23)20-9-14-7-5-6-8-15(14)10-24-4/h5-8H,9-10H2,1-4H3,(H,20,23). The first-order chi connectivity index (χ1) is 12.0. The molecule has 1 N–H and O–H groups in total. The Morgan fingerprint density at radius 1 is 1.16 bits per heavy atom. The summed E-state index contributed by atoms with van der Waals surface area (Å²) in [4.78, 5) is 23.1. The normalized spacial score (nSPS) is 11.0. The van der Waals surface area contributed by atoms with Crippen molar-refractivity contribution in [3.8, 4) is 0 Å². The molecule has 0 aliphatic rings. The van der Waals surface area contributed by atoms with Crippen LogP contribution in [0.4, 0.5) is 0 Å². The second-order valence-corrected chi connectivity index (χ2v) is 6.98. The second-order valence-electron chi connectivity index (χ2n) is 5.98. The summed E-state index contributed by atoms with van der Waals surface area (Å²) >= 11 is 1.42. The summed E-state index contributed by atoms with van der Waals surface area (Å²) in [5.41, 5.74) is 4.00. The van der Waals surface area contributed by atoms with Crippen molar-refractivity contribution in [2.45, 2.75) is 33.9 Å². The van der Waals surface area contributed by atoms with Crippen molar-refractivity contribution >= 4 is 27.5 Å². The Bertz CT molecular complexity index is 934. The summed E-state index contributed by atoms with van der Waals surface area (Å²) in [6.45, 7) is 6.78. The molecule has 3 rings (SSSR count). The van der Waals surface area contributed by atoms with E-state index in [4.69, 9.17) is 4.74 Å². The lowest BCUT2D eigenvalue weighted by molar-refractivity contribution is 0.0954. The number of ether oxygens (including phenoxy) is 1. The van der Waals surface area contributed by atoms with Crippen molar-refractivity contribution in [1.29, 1.82) is 0 Å². The quantitative estimate of drug-likeness (QED) is 0.758. The van der Waals surface area contributed by atoms with E-state index in [1.807, 2.05) is 45.0 Å². The van der Waals surface area contributed by atoms with Gasteiger partial charge in [-0.15, -0.1) is 11.3 Å². The van der Waals surface area contributed by atoms with Crippen LogP contribution in [0.2, 0.25) is 0 Å². The van der Waals surface area contributed by atoms with Crippen molar-refractivity contribution in [2.75, 3.05) is 7.11 Å². The smallest absolute Gasteiger partial charge is 0.261 e. The Morgan fingerprint density at radius 3 is 2.60 bits per heavy atom. The van der Waals surface area contributed by atoms with Gasteiger partial charge in [-0.1, -0.05) is 24.3 Å². The molecule has 0 aliphatic heterocycles. The molecule has 1 amide bonds.